The number of fused-ring (bicyclic) bond motifs is 3. The fourth-order valence-electron chi connectivity index (χ4n) is 3.35. The molecule has 1 atom stereocenters. The topological polar surface area (TPSA) is 93.1 Å². The normalized spacial score (nSPS) is 14.1. The number of nitrogens with zero attached hydrogens (tertiary/aromatic N) is 2. The van der Waals surface area contributed by atoms with E-state index in [0.717, 1.165) is 48.7 Å². The number of carbonyl (C=O) groups excluding carboxylic acids is 2. The van der Waals surface area contributed by atoms with Crippen molar-refractivity contribution in [1.29, 1.82) is 0 Å². The minimum atomic E-state index is -0.550. The van der Waals surface area contributed by atoms with Gasteiger partial charge in [0.05, 0.1) is 10.6 Å². The van der Waals surface area contributed by atoms with Gasteiger partial charge in [-0.25, -0.2) is 9.78 Å². The molecule has 2 aromatic heterocycles. The Balaban J connectivity index is 1.95. The number of aryl methyl sites for hydroxylation is 2. The van der Waals surface area contributed by atoms with E-state index in [0.29, 0.717) is 11.7 Å². The third kappa shape index (κ3) is 4.25. The molecular weight excluding hydrogens is 396 g/mol. The Bertz CT molecular complexity index is 951. The van der Waals surface area contributed by atoms with E-state index < -0.39 is 17.2 Å². The second kappa shape index (κ2) is 9.09. The zero-order chi connectivity index (χ0) is 20.3. The molecule has 1 aliphatic rings. The van der Waals surface area contributed by atoms with Crippen molar-refractivity contribution in [2.75, 3.05) is 7.05 Å². The average Bonchev–Trinajstić information content (AvgIpc) is 3.24. The largest absolute Gasteiger partial charge is 0.341 e. The van der Waals surface area contributed by atoms with Crippen molar-refractivity contribution in [2.45, 2.75) is 69.3 Å². The quantitative estimate of drug-likeness (QED) is 0.406. The highest BCUT2D eigenvalue weighted by Gasteiger charge is 2.25. The first kappa shape index (κ1) is 20.9. The number of carbonyl (C=O) groups is 2. The van der Waals surface area contributed by atoms with E-state index in [-0.39, 0.29) is 5.56 Å². The van der Waals surface area contributed by atoms with Crippen molar-refractivity contribution in [3.63, 3.8) is 0 Å². The lowest BCUT2D eigenvalue weighted by molar-refractivity contribution is -0.119. The Morgan fingerprint density at radius 2 is 2.11 bits per heavy atom. The molecule has 0 fully saturated rings. The van der Waals surface area contributed by atoms with Gasteiger partial charge in [-0.3, -0.25) is 19.5 Å². The van der Waals surface area contributed by atoms with Crippen LogP contribution in [0, 0.1) is 0 Å². The Labute approximate surface area is 172 Å². The zero-order valence-electron chi connectivity index (χ0n) is 16.5. The SMILES string of the molecule is CCCCCn1c(S[C@@H](C)C(=O)NC(=O)NC)nc2sc3c(c2c1=O)CCC3. The first-order valence-electron chi connectivity index (χ1n) is 9.70. The molecule has 0 radical (unpaired) electrons. The number of aromatic nitrogens is 2. The summed E-state index contributed by atoms with van der Waals surface area (Å²) in [6, 6.07) is -0.545. The van der Waals surface area contributed by atoms with Crippen LogP contribution in [-0.2, 0) is 24.2 Å². The molecule has 0 bridgehead atoms. The number of thioether (sulfide) groups is 1. The highest BCUT2D eigenvalue weighted by atomic mass is 32.2. The molecule has 152 valence electrons. The minimum Gasteiger partial charge on any atom is -0.341 e. The summed E-state index contributed by atoms with van der Waals surface area (Å²) in [7, 11) is 1.46. The number of thiophene rings is 1. The van der Waals surface area contributed by atoms with Crippen LogP contribution in [0.25, 0.3) is 10.2 Å². The van der Waals surface area contributed by atoms with Gasteiger partial charge in [-0.15, -0.1) is 11.3 Å². The van der Waals surface area contributed by atoms with Crippen LogP contribution in [0.2, 0.25) is 0 Å². The summed E-state index contributed by atoms with van der Waals surface area (Å²) >= 11 is 2.82. The summed E-state index contributed by atoms with van der Waals surface area (Å²) in [6.07, 6.45) is 6.04. The van der Waals surface area contributed by atoms with Gasteiger partial charge in [0, 0.05) is 18.5 Å². The second-order valence-corrected chi connectivity index (χ2v) is 9.32. The third-order valence-electron chi connectivity index (χ3n) is 4.89. The number of hydrogen-bond acceptors (Lipinski definition) is 6. The van der Waals surface area contributed by atoms with Crippen molar-refractivity contribution in [2.24, 2.45) is 0 Å². The molecule has 2 aromatic rings. The monoisotopic (exact) mass is 422 g/mol. The fourth-order valence-corrected chi connectivity index (χ4v) is 5.59. The molecule has 7 nitrogen and oxygen atoms in total. The second-order valence-electron chi connectivity index (χ2n) is 6.92. The summed E-state index contributed by atoms with van der Waals surface area (Å²) < 4.78 is 1.72. The Kier molecular flexibility index (Phi) is 6.77. The number of nitrogens with one attached hydrogen (secondary N) is 2. The smallest absolute Gasteiger partial charge is 0.321 e. The maximum absolute atomic E-state index is 13.3. The van der Waals surface area contributed by atoms with Crippen LogP contribution in [0.4, 0.5) is 4.79 Å². The average molecular weight is 423 g/mol. The summed E-state index contributed by atoms with van der Waals surface area (Å²) in [6.45, 7) is 4.42. The van der Waals surface area contributed by atoms with Gasteiger partial charge in [-0.05, 0) is 38.2 Å². The molecule has 0 aliphatic heterocycles. The van der Waals surface area contributed by atoms with Crippen LogP contribution < -0.4 is 16.2 Å². The summed E-state index contributed by atoms with van der Waals surface area (Å²) in [5.74, 6) is -0.410. The number of hydrogen-bond donors (Lipinski definition) is 2. The van der Waals surface area contributed by atoms with Crippen LogP contribution in [0.5, 0.6) is 0 Å². The summed E-state index contributed by atoms with van der Waals surface area (Å²) in [5.41, 5.74) is 1.17. The maximum atomic E-state index is 13.3. The van der Waals surface area contributed by atoms with Crippen LogP contribution in [0.1, 0.15) is 50.0 Å². The van der Waals surface area contributed by atoms with Gasteiger partial charge < -0.3 is 5.32 Å². The molecule has 2 N–H and O–H groups in total. The van der Waals surface area contributed by atoms with Gasteiger partial charge >= 0.3 is 6.03 Å². The molecular formula is C19H26N4O3S2. The molecule has 2 heterocycles. The highest BCUT2D eigenvalue weighted by Crippen LogP contribution is 2.36. The lowest BCUT2D eigenvalue weighted by Gasteiger charge is -2.15. The molecule has 3 rings (SSSR count). The van der Waals surface area contributed by atoms with Crippen molar-refractivity contribution in [1.82, 2.24) is 20.2 Å². The van der Waals surface area contributed by atoms with Crippen LogP contribution in [0.15, 0.2) is 9.95 Å². The molecule has 0 spiro atoms. The number of amides is 3. The van der Waals surface area contributed by atoms with Gasteiger partial charge in [-0.2, -0.15) is 0 Å². The molecule has 3 amide bonds. The van der Waals surface area contributed by atoms with E-state index in [1.54, 1.807) is 22.8 Å². The molecule has 9 heteroatoms. The number of imide groups is 1. The molecule has 28 heavy (non-hydrogen) atoms. The summed E-state index contributed by atoms with van der Waals surface area (Å²) in [5, 5.41) is 5.41. The van der Waals surface area contributed by atoms with Gasteiger partial charge in [-0.1, -0.05) is 31.5 Å². The van der Waals surface area contributed by atoms with E-state index in [2.05, 4.69) is 17.6 Å². The van der Waals surface area contributed by atoms with E-state index in [1.165, 1.54) is 29.3 Å². The Hall–Kier alpha value is -1.87. The lowest BCUT2D eigenvalue weighted by atomic mass is 10.2. The number of unbranched alkanes of at least 4 members (excludes halogenated alkanes) is 2. The molecule has 0 saturated heterocycles. The van der Waals surface area contributed by atoms with E-state index in [4.69, 9.17) is 4.98 Å². The molecule has 0 saturated carbocycles. The van der Waals surface area contributed by atoms with Gasteiger partial charge in [0.25, 0.3) is 5.56 Å². The van der Waals surface area contributed by atoms with E-state index in [9.17, 15) is 14.4 Å². The Morgan fingerprint density at radius 3 is 2.82 bits per heavy atom. The molecule has 0 unspecified atom stereocenters. The van der Waals surface area contributed by atoms with Crippen LogP contribution in [0.3, 0.4) is 0 Å². The predicted molar refractivity (Wildman–Crippen MR) is 113 cm³/mol. The maximum Gasteiger partial charge on any atom is 0.321 e. The first-order valence-corrected chi connectivity index (χ1v) is 11.4. The minimum absolute atomic E-state index is 0.00177. The van der Waals surface area contributed by atoms with E-state index >= 15 is 0 Å². The lowest BCUT2D eigenvalue weighted by Crippen LogP contribution is -2.41. The third-order valence-corrected chi connectivity index (χ3v) is 7.17. The van der Waals surface area contributed by atoms with Crippen LogP contribution >= 0.6 is 23.1 Å². The standard InChI is InChI=1S/C19H26N4O3S2/c1-4-5-6-10-23-17(25)14-12-8-7-9-13(12)28-16(14)22-19(23)27-11(2)15(24)21-18(26)20-3/h11H,4-10H2,1-3H3,(H2,20,21,24,26)/t11-/m0/s1. The van der Waals surface area contributed by atoms with Crippen molar-refractivity contribution in [3.05, 3.63) is 20.8 Å². The van der Waals surface area contributed by atoms with Gasteiger partial charge in [0.2, 0.25) is 5.91 Å². The zero-order valence-corrected chi connectivity index (χ0v) is 18.1. The fraction of sp³-hybridized carbons (Fsp3) is 0.579. The van der Waals surface area contributed by atoms with Crippen molar-refractivity contribution >= 4 is 45.3 Å². The molecule has 0 aromatic carbocycles. The Morgan fingerprint density at radius 1 is 1.32 bits per heavy atom. The number of rotatable bonds is 7. The molecule has 1 aliphatic carbocycles. The number of urea groups is 1. The predicted octanol–water partition coefficient (Wildman–Crippen LogP) is 3.07. The first-order chi connectivity index (χ1) is 13.5. The van der Waals surface area contributed by atoms with Gasteiger partial charge in [0.15, 0.2) is 5.16 Å². The van der Waals surface area contributed by atoms with Crippen molar-refractivity contribution in [3.8, 4) is 0 Å². The highest BCUT2D eigenvalue weighted by molar-refractivity contribution is 8.00. The van der Waals surface area contributed by atoms with E-state index in [1.807, 2.05) is 0 Å². The van der Waals surface area contributed by atoms with Gasteiger partial charge in [0.1, 0.15) is 4.83 Å². The van der Waals surface area contributed by atoms with Crippen molar-refractivity contribution < 1.29 is 9.59 Å². The van der Waals surface area contributed by atoms with Crippen LogP contribution in [-0.4, -0.2) is 33.8 Å². The summed E-state index contributed by atoms with van der Waals surface area (Å²) in [4.78, 5) is 43.7.